The second-order valence-corrected chi connectivity index (χ2v) is 1.00. The van der Waals surface area contributed by atoms with Gasteiger partial charge in [0.1, 0.15) is 0 Å². The first kappa shape index (κ1) is 40.2. The molecule has 0 amide bonds. The molecule has 0 spiro atoms. The first-order valence-corrected chi connectivity index (χ1v) is 1.72. The van der Waals surface area contributed by atoms with Crippen molar-refractivity contribution < 1.29 is 58.9 Å². The molecule has 0 saturated carbocycles. The standard InChI is InChI=1S/C5H5.2CH3.3ClH.Ti/c1-2-4-5-3-1;;;;;;/h1-3H,4H2;2*1H3;3*1H;/q3*-1;;;;+3/p-3. The molecule has 0 bridgehead atoms. The normalized spacial score (nSPS) is 8.00. The number of rotatable bonds is 0. The van der Waals surface area contributed by atoms with E-state index in [4.69, 9.17) is 0 Å². The minimum absolute atomic E-state index is 0. The third-order valence-corrected chi connectivity index (χ3v) is 0.586. The Morgan fingerprint density at radius 2 is 1.45 bits per heavy atom. The summed E-state index contributed by atoms with van der Waals surface area (Å²) in [6.45, 7) is 0. The minimum Gasteiger partial charge on any atom is -1.00 e. The van der Waals surface area contributed by atoms with E-state index < -0.39 is 0 Å². The van der Waals surface area contributed by atoms with Crippen LogP contribution < -0.4 is 37.2 Å². The Hall–Kier alpha value is 1.06. The average Bonchev–Trinajstić information content (AvgIpc) is 1.76. The van der Waals surface area contributed by atoms with Crippen molar-refractivity contribution >= 4 is 0 Å². The van der Waals surface area contributed by atoms with E-state index in [1.54, 1.807) is 0 Å². The molecule has 67 valence electrons. The van der Waals surface area contributed by atoms with Gasteiger partial charge in [-0.1, -0.05) is 0 Å². The van der Waals surface area contributed by atoms with Crippen molar-refractivity contribution in [2.75, 3.05) is 0 Å². The molecule has 0 aromatic carbocycles. The van der Waals surface area contributed by atoms with E-state index in [0.29, 0.717) is 0 Å². The summed E-state index contributed by atoms with van der Waals surface area (Å²) < 4.78 is 0. The third kappa shape index (κ3) is 24.7. The summed E-state index contributed by atoms with van der Waals surface area (Å²) in [4.78, 5) is 0. The van der Waals surface area contributed by atoms with Crippen LogP contribution in [0.5, 0.6) is 0 Å². The second kappa shape index (κ2) is 30.5. The molecule has 0 aromatic rings. The van der Waals surface area contributed by atoms with Crippen LogP contribution in [-0.4, -0.2) is 0 Å². The van der Waals surface area contributed by atoms with Crippen molar-refractivity contribution in [2.24, 2.45) is 0 Å². The Balaban J connectivity index is -0.0000000104. The molecule has 0 aliphatic heterocycles. The van der Waals surface area contributed by atoms with E-state index in [-0.39, 0.29) is 73.8 Å². The van der Waals surface area contributed by atoms with Gasteiger partial charge in [-0.2, -0.15) is 6.08 Å². The molecular weight excluding hydrogens is 238 g/mol. The van der Waals surface area contributed by atoms with E-state index in [2.05, 4.69) is 12.2 Å². The number of hydrogen-bond donors (Lipinski definition) is 0. The van der Waals surface area contributed by atoms with Gasteiger partial charge in [-0.05, 0) is 0 Å². The molecule has 0 saturated heterocycles. The van der Waals surface area contributed by atoms with Crippen molar-refractivity contribution in [3.63, 3.8) is 0 Å². The van der Waals surface area contributed by atoms with E-state index in [9.17, 15) is 0 Å². The summed E-state index contributed by atoms with van der Waals surface area (Å²) in [5.74, 6) is 0. The third-order valence-electron chi connectivity index (χ3n) is 0.586. The van der Waals surface area contributed by atoms with Gasteiger partial charge in [-0.3, -0.25) is 6.08 Å². The first-order chi connectivity index (χ1) is 2.50. The van der Waals surface area contributed by atoms with Crippen molar-refractivity contribution in [1.82, 2.24) is 0 Å². The number of halogens is 3. The molecule has 1 aliphatic rings. The Bertz CT molecular complexity index is 71.8. The molecule has 0 fully saturated rings. The summed E-state index contributed by atoms with van der Waals surface area (Å²) in [6, 6.07) is 0. The number of hydrogen-bond acceptors (Lipinski definition) is 0. The molecule has 11 heavy (non-hydrogen) atoms. The van der Waals surface area contributed by atoms with E-state index in [1.807, 2.05) is 12.2 Å². The Morgan fingerprint density at radius 1 is 1.00 bits per heavy atom. The molecule has 1 aliphatic carbocycles. The van der Waals surface area contributed by atoms with Gasteiger partial charge in [0, 0.05) is 0 Å². The fourth-order valence-electron chi connectivity index (χ4n) is 0.340. The summed E-state index contributed by atoms with van der Waals surface area (Å²) in [5.41, 5.74) is 0. The van der Waals surface area contributed by atoms with Gasteiger partial charge in [0.15, 0.2) is 0 Å². The molecule has 0 atom stereocenters. The first-order valence-electron chi connectivity index (χ1n) is 1.72. The monoisotopic (exact) mass is 248 g/mol. The number of allylic oxidation sites excluding steroid dienone is 4. The van der Waals surface area contributed by atoms with Crippen LogP contribution in [0, 0.1) is 20.9 Å². The summed E-state index contributed by atoms with van der Waals surface area (Å²) in [6.07, 6.45) is 10.0. The second-order valence-electron chi connectivity index (χ2n) is 1.00. The SMILES string of the molecule is [C-]1=CC=CC1.[CH3-].[CH3-].[Cl-].[Cl-].[Cl-].[Ti+3]. The van der Waals surface area contributed by atoms with Crippen LogP contribution in [0.15, 0.2) is 18.2 Å². The maximum atomic E-state index is 2.99. The molecule has 0 N–H and O–H groups in total. The quantitative estimate of drug-likeness (QED) is 0.296. The molecular formula is C7H11Cl3Ti-3. The van der Waals surface area contributed by atoms with Crippen LogP contribution in [0.3, 0.4) is 0 Å². The minimum atomic E-state index is 0. The van der Waals surface area contributed by atoms with Crippen LogP contribution >= 0.6 is 0 Å². The van der Waals surface area contributed by atoms with Crippen LogP contribution in [0.25, 0.3) is 0 Å². The smallest absolute Gasteiger partial charge is 1.00 e. The van der Waals surface area contributed by atoms with Crippen molar-refractivity contribution in [3.8, 4) is 0 Å². The van der Waals surface area contributed by atoms with Crippen molar-refractivity contribution in [2.45, 2.75) is 6.42 Å². The van der Waals surface area contributed by atoms with E-state index in [0.717, 1.165) is 6.42 Å². The van der Waals surface area contributed by atoms with Gasteiger partial charge in [0.05, 0.1) is 0 Å². The molecule has 0 unspecified atom stereocenters. The fraction of sp³-hybridized carbons (Fsp3) is 0.143. The zero-order valence-corrected chi connectivity index (χ0v) is 10.4. The Labute approximate surface area is 104 Å². The predicted octanol–water partition coefficient (Wildman–Crippen LogP) is -6.78. The Kier molecular flexibility index (Phi) is 111. The molecule has 4 heteroatoms. The van der Waals surface area contributed by atoms with Gasteiger partial charge in [0.2, 0.25) is 0 Å². The largest absolute Gasteiger partial charge is 3.00 e. The van der Waals surface area contributed by atoms with Gasteiger partial charge in [-0.15, -0.1) is 6.42 Å². The van der Waals surface area contributed by atoms with Crippen LogP contribution in [0.2, 0.25) is 0 Å². The van der Waals surface area contributed by atoms with E-state index >= 15 is 0 Å². The van der Waals surface area contributed by atoms with Crippen LogP contribution in [0.1, 0.15) is 6.42 Å². The molecule has 1 radical (unpaired) electrons. The van der Waals surface area contributed by atoms with Crippen LogP contribution in [0.4, 0.5) is 0 Å². The van der Waals surface area contributed by atoms with Crippen LogP contribution in [-0.2, 0) is 21.7 Å². The van der Waals surface area contributed by atoms with Gasteiger partial charge in [0.25, 0.3) is 0 Å². The van der Waals surface area contributed by atoms with Crippen molar-refractivity contribution in [3.05, 3.63) is 39.2 Å². The fourth-order valence-corrected chi connectivity index (χ4v) is 0.340. The van der Waals surface area contributed by atoms with E-state index in [1.165, 1.54) is 0 Å². The van der Waals surface area contributed by atoms with Crippen molar-refractivity contribution in [1.29, 1.82) is 0 Å². The molecule has 1 rings (SSSR count). The maximum Gasteiger partial charge on any atom is 3.00 e. The summed E-state index contributed by atoms with van der Waals surface area (Å²) >= 11 is 0. The average molecular weight is 249 g/mol. The van der Waals surface area contributed by atoms with Gasteiger partial charge in [-0.25, -0.2) is 12.2 Å². The zero-order valence-electron chi connectivity index (χ0n) is 6.57. The molecule has 0 aromatic heterocycles. The Morgan fingerprint density at radius 3 is 1.55 bits per heavy atom. The maximum absolute atomic E-state index is 2.99. The predicted molar refractivity (Wildman–Crippen MR) is 34.4 cm³/mol. The van der Waals surface area contributed by atoms with Gasteiger partial charge < -0.3 is 52.1 Å². The molecule has 0 heterocycles. The van der Waals surface area contributed by atoms with Gasteiger partial charge >= 0.3 is 21.7 Å². The molecule has 0 nitrogen and oxygen atoms in total. The topological polar surface area (TPSA) is 0 Å². The summed E-state index contributed by atoms with van der Waals surface area (Å²) in [5, 5.41) is 0. The summed E-state index contributed by atoms with van der Waals surface area (Å²) in [7, 11) is 0. The zero-order chi connectivity index (χ0) is 3.54.